The Morgan fingerprint density at radius 3 is 2.39 bits per heavy atom. The van der Waals surface area contributed by atoms with E-state index in [-0.39, 0.29) is 25.2 Å². The van der Waals surface area contributed by atoms with Crippen molar-refractivity contribution >= 4 is 29.3 Å². The van der Waals surface area contributed by atoms with Crippen molar-refractivity contribution in [2.24, 2.45) is 11.7 Å². The molecule has 2 aliphatic rings. The largest absolute Gasteiger partial charge is 0.480 e. The van der Waals surface area contributed by atoms with Crippen LogP contribution in [0, 0.1) is 12.8 Å². The Morgan fingerprint density at radius 2 is 1.74 bits per heavy atom. The highest BCUT2D eigenvalue weighted by Gasteiger charge is 2.42. The molecule has 9 heteroatoms. The van der Waals surface area contributed by atoms with Gasteiger partial charge in [0.2, 0.25) is 0 Å². The van der Waals surface area contributed by atoms with Crippen LogP contribution in [-0.2, 0) is 9.59 Å². The number of Topliss-reactive ketones (excluding diaryl/α,β-unsaturated/α-hetero) is 2. The third-order valence-corrected chi connectivity index (χ3v) is 7.60. The first-order chi connectivity index (χ1) is 18.2. The van der Waals surface area contributed by atoms with Crippen LogP contribution >= 0.6 is 0 Å². The van der Waals surface area contributed by atoms with Crippen molar-refractivity contribution in [2.45, 2.75) is 57.2 Å². The normalized spacial score (nSPS) is 21.5. The molecule has 9 nitrogen and oxygen atoms in total. The number of urea groups is 1. The van der Waals surface area contributed by atoms with Crippen molar-refractivity contribution in [1.82, 2.24) is 9.80 Å². The fraction of sp³-hybridized carbons (Fsp3) is 0.448. The third-order valence-electron chi connectivity index (χ3n) is 7.60. The summed E-state index contributed by atoms with van der Waals surface area (Å²) in [6, 6.07) is 12.9. The van der Waals surface area contributed by atoms with Gasteiger partial charge in [0, 0.05) is 23.7 Å². The maximum Gasteiger partial charge on any atom is 0.322 e. The molecule has 2 saturated heterocycles. The number of carboxylic acids is 1. The standard InChI is InChI=1S/C29H36N4O5/c1-19-8-7-11-22(16-19)31-29(38)33-15-12-21(26(34)20-9-3-2-4-10-20)17-24(33)27(35)23(30)18-25(28(36)37)32-13-5-6-14-32/h2-4,7-11,16,21,23-25H,5-6,12-15,17-18,30H2,1H3,(H,31,38)(H,36,37)/t21?,23?,24?,25-/m1/s1. The highest BCUT2D eigenvalue weighted by atomic mass is 16.4. The van der Waals surface area contributed by atoms with Crippen LogP contribution in [0.25, 0.3) is 0 Å². The zero-order chi connectivity index (χ0) is 27.2. The quantitative estimate of drug-likeness (QED) is 0.432. The zero-order valence-corrected chi connectivity index (χ0v) is 21.7. The SMILES string of the molecule is Cc1cccc(NC(=O)N2CCC(C(=O)c3ccccc3)CC2C(=O)C(N)C[C@H](C(=O)O)N2CCCC2)c1. The molecule has 2 aliphatic heterocycles. The maximum absolute atomic E-state index is 13.7. The number of aryl methyl sites for hydroxylation is 1. The van der Waals surface area contributed by atoms with Gasteiger partial charge in [0.25, 0.3) is 0 Å². The van der Waals surface area contributed by atoms with E-state index in [0.29, 0.717) is 30.8 Å². The number of likely N-dealkylation sites (tertiary alicyclic amines) is 2. The highest BCUT2D eigenvalue weighted by Crippen LogP contribution is 2.29. The van der Waals surface area contributed by atoms with Gasteiger partial charge in [0.05, 0.1) is 12.1 Å². The number of nitrogens with zero attached hydrogens (tertiary/aromatic N) is 2. The number of aliphatic carboxylic acids is 1. The number of benzene rings is 2. The number of amides is 2. The molecular weight excluding hydrogens is 484 g/mol. The predicted octanol–water partition coefficient (Wildman–Crippen LogP) is 3.33. The number of piperidine rings is 1. The minimum Gasteiger partial charge on any atom is -0.480 e. The van der Waals surface area contributed by atoms with E-state index in [4.69, 9.17) is 5.73 Å². The van der Waals surface area contributed by atoms with E-state index in [1.807, 2.05) is 36.1 Å². The van der Waals surface area contributed by atoms with Crippen molar-refractivity contribution < 1.29 is 24.3 Å². The maximum atomic E-state index is 13.7. The Kier molecular flexibility index (Phi) is 8.91. The van der Waals surface area contributed by atoms with Crippen molar-refractivity contribution in [3.05, 3.63) is 65.7 Å². The summed E-state index contributed by atoms with van der Waals surface area (Å²) in [4.78, 5) is 55.6. The summed E-state index contributed by atoms with van der Waals surface area (Å²) in [5.41, 5.74) is 8.48. The second-order valence-electron chi connectivity index (χ2n) is 10.3. The molecule has 0 saturated carbocycles. The van der Waals surface area contributed by atoms with E-state index in [9.17, 15) is 24.3 Å². The summed E-state index contributed by atoms with van der Waals surface area (Å²) in [7, 11) is 0. The Bertz CT molecular complexity index is 1160. The molecule has 3 unspecified atom stereocenters. The molecule has 38 heavy (non-hydrogen) atoms. The Hall–Kier alpha value is -3.56. The van der Waals surface area contributed by atoms with Crippen LogP contribution < -0.4 is 11.1 Å². The molecular formula is C29H36N4O5. The van der Waals surface area contributed by atoms with E-state index in [1.165, 1.54) is 4.90 Å². The van der Waals surface area contributed by atoms with Gasteiger partial charge < -0.3 is 21.1 Å². The van der Waals surface area contributed by atoms with Crippen LogP contribution in [0.5, 0.6) is 0 Å². The molecule has 4 rings (SSSR count). The highest BCUT2D eigenvalue weighted by molar-refractivity contribution is 6.00. The molecule has 2 heterocycles. The number of carboxylic acid groups (broad SMARTS) is 1. The number of anilines is 1. The van der Waals surface area contributed by atoms with Crippen LogP contribution in [0.2, 0.25) is 0 Å². The Morgan fingerprint density at radius 1 is 1.03 bits per heavy atom. The van der Waals surface area contributed by atoms with Gasteiger partial charge in [0.15, 0.2) is 11.6 Å². The van der Waals surface area contributed by atoms with Crippen molar-refractivity contribution in [3.63, 3.8) is 0 Å². The van der Waals surface area contributed by atoms with Crippen LogP contribution in [0.3, 0.4) is 0 Å². The lowest BCUT2D eigenvalue weighted by atomic mass is 9.82. The van der Waals surface area contributed by atoms with Gasteiger partial charge in [-0.15, -0.1) is 0 Å². The fourth-order valence-corrected chi connectivity index (χ4v) is 5.54. The zero-order valence-electron chi connectivity index (χ0n) is 21.7. The fourth-order valence-electron chi connectivity index (χ4n) is 5.54. The topological polar surface area (TPSA) is 133 Å². The summed E-state index contributed by atoms with van der Waals surface area (Å²) in [6.45, 7) is 3.43. The number of hydrogen-bond acceptors (Lipinski definition) is 6. The van der Waals surface area contributed by atoms with E-state index < -0.39 is 41.8 Å². The van der Waals surface area contributed by atoms with Gasteiger partial charge in [-0.05, 0) is 69.8 Å². The number of nitrogens with two attached hydrogens (primary N) is 1. The average molecular weight is 521 g/mol. The van der Waals surface area contributed by atoms with Crippen molar-refractivity contribution in [3.8, 4) is 0 Å². The van der Waals surface area contributed by atoms with E-state index >= 15 is 0 Å². The summed E-state index contributed by atoms with van der Waals surface area (Å²) >= 11 is 0. The third kappa shape index (κ3) is 6.46. The number of carbonyl (C=O) groups excluding carboxylic acids is 3. The Labute approximate surface area is 223 Å². The summed E-state index contributed by atoms with van der Waals surface area (Å²) in [5.74, 6) is -1.95. The van der Waals surface area contributed by atoms with Crippen LogP contribution in [-0.4, -0.2) is 76.2 Å². The molecule has 0 aromatic heterocycles. The molecule has 2 amide bonds. The van der Waals surface area contributed by atoms with Crippen LogP contribution in [0.4, 0.5) is 10.5 Å². The molecule has 4 atom stereocenters. The smallest absolute Gasteiger partial charge is 0.322 e. The number of hydrogen-bond donors (Lipinski definition) is 3. The number of ketones is 2. The summed E-state index contributed by atoms with van der Waals surface area (Å²) in [6.07, 6.45) is 2.33. The number of carbonyl (C=O) groups is 4. The van der Waals surface area contributed by atoms with Gasteiger partial charge in [-0.1, -0.05) is 42.5 Å². The van der Waals surface area contributed by atoms with Crippen molar-refractivity contribution in [1.29, 1.82) is 0 Å². The molecule has 0 spiro atoms. The second-order valence-corrected chi connectivity index (χ2v) is 10.3. The van der Waals surface area contributed by atoms with E-state index in [0.717, 1.165) is 18.4 Å². The lowest BCUT2D eigenvalue weighted by Gasteiger charge is -2.39. The molecule has 0 bridgehead atoms. The lowest BCUT2D eigenvalue weighted by molar-refractivity contribution is -0.143. The summed E-state index contributed by atoms with van der Waals surface area (Å²) < 4.78 is 0. The Balaban J connectivity index is 1.54. The van der Waals surface area contributed by atoms with Gasteiger partial charge in [0.1, 0.15) is 6.04 Å². The first-order valence-electron chi connectivity index (χ1n) is 13.2. The van der Waals surface area contributed by atoms with E-state index in [1.54, 1.807) is 30.3 Å². The van der Waals surface area contributed by atoms with Crippen molar-refractivity contribution in [2.75, 3.05) is 25.0 Å². The molecule has 202 valence electrons. The molecule has 0 aliphatic carbocycles. The minimum atomic E-state index is -1.08. The number of rotatable bonds is 9. The monoisotopic (exact) mass is 520 g/mol. The molecule has 2 aromatic rings. The number of nitrogens with one attached hydrogen (secondary N) is 1. The first kappa shape index (κ1) is 27.5. The van der Waals surface area contributed by atoms with E-state index in [2.05, 4.69) is 5.32 Å². The van der Waals surface area contributed by atoms with Gasteiger partial charge in [-0.2, -0.15) is 0 Å². The van der Waals surface area contributed by atoms with Gasteiger partial charge in [-0.25, -0.2) is 4.79 Å². The summed E-state index contributed by atoms with van der Waals surface area (Å²) in [5, 5.41) is 12.7. The van der Waals surface area contributed by atoms with Gasteiger partial charge in [-0.3, -0.25) is 19.3 Å². The van der Waals surface area contributed by atoms with Crippen LogP contribution in [0.1, 0.15) is 48.0 Å². The predicted molar refractivity (Wildman–Crippen MR) is 144 cm³/mol. The molecule has 0 radical (unpaired) electrons. The minimum absolute atomic E-state index is 0.0463. The van der Waals surface area contributed by atoms with Crippen LogP contribution in [0.15, 0.2) is 54.6 Å². The second kappa shape index (κ2) is 12.3. The molecule has 2 aromatic carbocycles. The lowest BCUT2D eigenvalue weighted by Crippen LogP contribution is -2.57. The first-order valence-corrected chi connectivity index (χ1v) is 13.2. The molecule has 2 fully saturated rings. The van der Waals surface area contributed by atoms with Gasteiger partial charge >= 0.3 is 12.0 Å². The molecule has 4 N–H and O–H groups in total. The average Bonchev–Trinajstić information content (AvgIpc) is 3.45.